The Balaban J connectivity index is 1.60. The molecule has 0 radical (unpaired) electrons. The summed E-state index contributed by atoms with van der Waals surface area (Å²) in [5.74, 6) is -0.100. The second-order valence-electron chi connectivity index (χ2n) is 7.39. The molecule has 4 N–H and O–H groups in total. The van der Waals surface area contributed by atoms with Crippen LogP contribution < -0.4 is 15.5 Å². The molecule has 1 aromatic heterocycles. The van der Waals surface area contributed by atoms with Gasteiger partial charge in [0.2, 0.25) is 0 Å². The lowest BCUT2D eigenvalue weighted by Gasteiger charge is -2.08. The van der Waals surface area contributed by atoms with Crippen LogP contribution in [0, 0.1) is 0 Å². The number of nitrogens with one attached hydrogen (secondary N) is 3. The van der Waals surface area contributed by atoms with Gasteiger partial charge in [-0.1, -0.05) is 54.6 Å². The Bertz CT molecular complexity index is 1250. The highest BCUT2D eigenvalue weighted by Gasteiger charge is 2.18. The number of carbonyl (C=O) groups is 2. The molecule has 2 amide bonds. The lowest BCUT2D eigenvalue weighted by Crippen LogP contribution is -2.24. The van der Waals surface area contributed by atoms with Crippen LogP contribution in [0.25, 0.3) is 22.4 Å². The van der Waals surface area contributed by atoms with E-state index in [1.165, 1.54) is 0 Å². The molecule has 0 saturated carbocycles. The van der Waals surface area contributed by atoms with E-state index in [2.05, 4.69) is 10.3 Å². The molecule has 0 unspecified atom stereocenters. The van der Waals surface area contributed by atoms with E-state index in [0.717, 1.165) is 33.7 Å². The van der Waals surface area contributed by atoms with Gasteiger partial charge in [0.15, 0.2) is 0 Å². The van der Waals surface area contributed by atoms with Crippen LogP contribution in [0.5, 0.6) is 5.75 Å². The average Bonchev–Trinajstić information content (AvgIpc) is 3.33. The van der Waals surface area contributed by atoms with Crippen LogP contribution in [0.15, 0.2) is 84.9 Å². The molecule has 0 fully saturated rings. The van der Waals surface area contributed by atoms with Gasteiger partial charge in [-0.25, -0.2) is 5.48 Å². The van der Waals surface area contributed by atoms with Gasteiger partial charge in [0.25, 0.3) is 11.8 Å². The van der Waals surface area contributed by atoms with Crippen molar-refractivity contribution in [2.75, 3.05) is 7.11 Å². The van der Waals surface area contributed by atoms with E-state index in [4.69, 9.17) is 9.94 Å². The Labute approximate surface area is 191 Å². The summed E-state index contributed by atoms with van der Waals surface area (Å²) in [6.07, 6.45) is 0. The third kappa shape index (κ3) is 4.94. The van der Waals surface area contributed by atoms with Crippen molar-refractivity contribution >= 4 is 11.8 Å². The highest BCUT2D eigenvalue weighted by atomic mass is 16.5. The van der Waals surface area contributed by atoms with Crippen molar-refractivity contribution < 1.29 is 19.5 Å². The molecule has 0 atom stereocenters. The normalized spacial score (nSPS) is 10.5. The van der Waals surface area contributed by atoms with Gasteiger partial charge in [-0.2, -0.15) is 0 Å². The summed E-state index contributed by atoms with van der Waals surface area (Å²) >= 11 is 0. The Hall–Kier alpha value is -4.36. The first kappa shape index (κ1) is 21.9. The first-order valence-electron chi connectivity index (χ1n) is 10.3. The molecule has 0 aliphatic carbocycles. The highest BCUT2D eigenvalue weighted by Crippen LogP contribution is 2.31. The van der Waals surface area contributed by atoms with Crippen molar-refractivity contribution in [1.82, 2.24) is 15.8 Å². The number of aromatic nitrogens is 1. The first-order valence-corrected chi connectivity index (χ1v) is 10.3. The van der Waals surface area contributed by atoms with E-state index in [1.54, 1.807) is 36.9 Å². The maximum absolute atomic E-state index is 13.1. The summed E-state index contributed by atoms with van der Waals surface area (Å²) in [4.78, 5) is 27.9. The smallest absolute Gasteiger partial charge is 0.274 e. The molecular weight excluding hydrogens is 418 g/mol. The quantitative estimate of drug-likeness (QED) is 0.252. The third-order valence-electron chi connectivity index (χ3n) is 5.30. The van der Waals surface area contributed by atoms with Gasteiger partial charge in [0.1, 0.15) is 11.4 Å². The van der Waals surface area contributed by atoms with Gasteiger partial charge >= 0.3 is 0 Å². The van der Waals surface area contributed by atoms with E-state index >= 15 is 0 Å². The lowest BCUT2D eigenvalue weighted by molar-refractivity contribution is 0.0706. The molecule has 0 bridgehead atoms. The number of aromatic amines is 1. The molecule has 3 aromatic carbocycles. The minimum absolute atomic E-state index is 0.250. The number of H-pyrrole nitrogens is 1. The molecule has 33 heavy (non-hydrogen) atoms. The zero-order valence-corrected chi connectivity index (χ0v) is 18.0. The van der Waals surface area contributed by atoms with Crippen LogP contribution in [0.2, 0.25) is 0 Å². The molecule has 4 aromatic rings. The standard InChI is InChI=1S/C26H23N3O4/c1-33-21-13-11-18(12-14-21)22-15-23(19-5-3-2-4-6-19)28-24(22)26(31)27-16-17-7-9-20(10-8-17)25(30)29-32/h2-15,28,32H,16H2,1H3,(H,27,31)(H,29,30). The number of hydrogen-bond donors (Lipinski definition) is 4. The van der Waals surface area contributed by atoms with Crippen LogP contribution in [0.1, 0.15) is 26.4 Å². The molecule has 7 nitrogen and oxygen atoms in total. The number of hydrogen-bond acceptors (Lipinski definition) is 4. The number of benzene rings is 3. The second kappa shape index (κ2) is 9.84. The fraction of sp³-hybridized carbons (Fsp3) is 0.0769. The van der Waals surface area contributed by atoms with Crippen LogP contribution >= 0.6 is 0 Å². The SMILES string of the molecule is COc1ccc(-c2cc(-c3ccccc3)[nH]c2C(=O)NCc2ccc(C(=O)NO)cc2)cc1. The van der Waals surface area contributed by atoms with Crippen LogP contribution in [0.4, 0.5) is 0 Å². The van der Waals surface area contributed by atoms with Gasteiger partial charge in [0.05, 0.1) is 7.11 Å². The van der Waals surface area contributed by atoms with Gasteiger partial charge in [-0.05, 0) is 47.0 Å². The van der Waals surface area contributed by atoms with Crippen LogP contribution in [-0.4, -0.2) is 29.1 Å². The zero-order valence-electron chi connectivity index (χ0n) is 18.0. The van der Waals surface area contributed by atoms with Gasteiger partial charge < -0.3 is 15.0 Å². The van der Waals surface area contributed by atoms with Crippen molar-refractivity contribution in [1.29, 1.82) is 0 Å². The van der Waals surface area contributed by atoms with Crippen molar-refractivity contribution in [2.45, 2.75) is 6.54 Å². The van der Waals surface area contributed by atoms with Gasteiger partial charge in [-0.3, -0.25) is 14.8 Å². The Morgan fingerprint density at radius 3 is 2.21 bits per heavy atom. The van der Waals surface area contributed by atoms with E-state index in [9.17, 15) is 9.59 Å². The Morgan fingerprint density at radius 1 is 0.879 bits per heavy atom. The maximum Gasteiger partial charge on any atom is 0.274 e. The molecule has 0 aliphatic heterocycles. The molecule has 1 heterocycles. The van der Waals surface area contributed by atoms with E-state index < -0.39 is 5.91 Å². The van der Waals surface area contributed by atoms with E-state index in [1.807, 2.05) is 60.7 Å². The molecule has 0 saturated heterocycles. The maximum atomic E-state index is 13.1. The molecule has 0 spiro atoms. The monoisotopic (exact) mass is 441 g/mol. The number of ether oxygens (including phenoxy) is 1. The predicted octanol–water partition coefficient (Wildman–Crippen LogP) is 4.41. The van der Waals surface area contributed by atoms with Crippen LogP contribution in [-0.2, 0) is 6.54 Å². The summed E-state index contributed by atoms with van der Waals surface area (Å²) in [7, 11) is 1.61. The minimum Gasteiger partial charge on any atom is -0.497 e. The summed E-state index contributed by atoms with van der Waals surface area (Å²) in [6, 6.07) is 25.9. The van der Waals surface area contributed by atoms with Crippen molar-refractivity contribution in [3.05, 3.63) is 102 Å². The van der Waals surface area contributed by atoms with Gasteiger partial charge in [0, 0.05) is 23.4 Å². The predicted molar refractivity (Wildman–Crippen MR) is 125 cm³/mol. The number of amides is 2. The fourth-order valence-corrected chi connectivity index (χ4v) is 3.51. The van der Waals surface area contributed by atoms with Crippen molar-refractivity contribution in [3.63, 3.8) is 0 Å². The molecular formula is C26H23N3O4. The van der Waals surface area contributed by atoms with Crippen molar-refractivity contribution in [2.24, 2.45) is 0 Å². The largest absolute Gasteiger partial charge is 0.497 e. The zero-order chi connectivity index (χ0) is 23.2. The number of carbonyl (C=O) groups excluding carboxylic acids is 2. The van der Waals surface area contributed by atoms with Crippen LogP contribution in [0.3, 0.4) is 0 Å². The first-order chi connectivity index (χ1) is 16.1. The van der Waals surface area contributed by atoms with E-state index in [0.29, 0.717) is 11.3 Å². The summed E-state index contributed by atoms with van der Waals surface area (Å²) in [5, 5.41) is 11.7. The highest BCUT2D eigenvalue weighted by molar-refractivity contribution is 6.00. The average molecular weight is 441 g/mol. The molecule has 0 aliphatic rings. The fourth-order valence-electron chi connectivity index (χ4n) is 3.51. The summed E-state index contributed by atoms with van der Waals surface area (Å²) in [6.45, 7) is 0.279. The second-order valence-corrected chi connectivity index (χ2v) is 7.39. The molecule has 7 heteroatoms. The molecule has 4 rings (SSSR count). The third-order valence-corrected chi connectivity index (χ3v) is 5.30. The van der Waals surface area contributed by atoms with E-state index in [-0.39, 0.29) is 12.5 Å². The number of methoxy groups -OCH3 is 1. The Morgan fingerprint density at radius 2 is 1.58 bits per heavy atom. The van der Waals surface area contributed by atoms with Gasteiger partial charge in [-0.15, -0.1) is 0 Å². The Kier molecular flexibility index (Phi) is 6.52. The lowest BCUT2D eigenvalue weighted by atomic mass is 10.0. The molecule has 166 valence electrons. The number of rotatable bonds is 7. The number of hydroxylamine groups is 1. The minimum atomic E-state index is -0.588. The summed E-state index contributed by atoms with van der Waals surface area (Å²) in [5.41, 5.74) is 6.68. The van der Waals surface area contributed by atoms with Crippen molar-refractivity contribution in [3.8, 4) is 28.1 Å². The summed E-state index contributed by atoms with van der Waals surface area (Å²) < 4.78 is 5.25. The topological polar surface area (TPSA) is 103 Å².